The van der Waals surface area contributed by atoms with Gasteiger partial charge in [-0.15, -0.1) is 0 Å². The minimum Gasteiger partial charge on any atom is -0.354 e. The quantitative estimate of drug-likeness (QED) is 0.790. The summed E-state index contributed by atoms with van der Waals surface area (Å²) in [7, 11) is 0. The van der Waals surface area contributed by atoms with E-state index in [0.717, 1.165) is 31.6 Å². The van der Waals surface area contributed by atoms with Gasteiger partial charge in [0.2, 0.25) is 5.91 Å². The van der Waals surface area contributed by atoms with Gasteiger partial charge in [0.05, 0.1) is 0 Å². The van der Waals surface area contributed by atoms with E-state index in [1.54, 1.807) is 0 Å². The summed E-state index contributed by atoms with van der Waals surface area (Å²) < 4.78 is 0. The number of carbonyl (C=O) groups excluding carboxylic acids is 1. The third-order valence-electron chi connectivity index (χ3n) is 4.40. The highest BCUT2D eigenvalue weighted by Crippen LogP contribution is 2.25. The van der Waals surface area contributed by atoms with Crippen molar-refractivity contribution in [3.05, 3.63) is 0 Å². The molecule has 4 nitrogen and oxygen atoms in total. The molecule has 0 bridgehead atoms. The van der Waals surface area contributed by atoms with Gasteiger partial charge in [0, 0.05) is 25.0 Å². The van der Waals surface area contributed by atoms with Gasteiger partial charge in [0.15, 0.2) is 0 Å². The number of nitrogens with one attached hydrogen (secondary N) is 2. The van der Waals surface area contributed by atoms with Crippen molar-refractivity contribution in [2.24, 2.45) is 5.92 Å². The lowest BCUT2D eigenvalue weighted by Gasteiger charge is -2.34. The summed E-state index contributed by atoms with van der Waals surface area (Å²) in [4.78, 5) is 14.1. The van der Waals surface area contributed by atoms with Crippen LogP contribution in [0.15, 0.2) is 0 Å². The topological polar surface area (TPSA) is 44.4 Å². The number of carbonyl (C=O) groups is 1. The van der Waals surface area contributed by atoms with Gasteiger partial charge >= 0.3 is 0 Å². The highest BCUT2D eigenvalue weighted by Gasteiger charge is 2.28. The van der Waals surface area contributed by atoms with Crippen LogP contribution in [0.2, 0.25) is 0 Å². The Hall–Kier alpha value is -0.610. The Balaban J connectivity index is 1.62. The van der Waals surface area contributed by atoms with E-state index in [2.05, 4.69) is 15.5 Å². The largest absolute Gasteiger partial charge is 0.354 e. The zero-order chi connectivity index (χ0) is 13.7. The van der Waals surface area contributed by atoms with Crippen molar-refractivity contribution in [1.29, 1.82) is 0 Å². The third kappa shape index (κ3) is 4.77. The number of hydrogen-bond donors (Lipinski definition) is 2. The smallest absolute Gasteiger partial charge is 0.221 e. The number of likely N-dealkylation sites (tertiary alicyclic amines) is 1. The molecule has 1 unspecified atom stereocenters. The fourth-order valence-corrected chi connectivity index (χ4v) is 3.35. The first-order chi connectivity index (χ1) is 9.15. The van der Waals surface area contributed by atoms with Crippen molar-refractivity contribution in [2.45, 2.75) is 58.0 Å². The van der Waals surface area contributed by atoms with Gasteiger partial charge in [-0.05, 0) is 65.1 Å². The molecule has 2 aliphatic rings. The van der Waals surface area contributed by atoms with E-state index in [-0.39, 0.29) is 11.9 Å². The zero-order valence-electron chi connectivity index (χ0n) is 12.5. The van der Waals surface area contributed by atoms with Crippen molar-refractivity contribution in [1.82, 2.24) is 15.5 Å². The van der Waals surface area contributed by atoms with Gasteiger partial charge in [-0.1, -0.05) is 0 Å². The second kappa shape index (κ2) is 7.25. The molecule has 110 valence electrons. The molecule has 0 aromatic heterocycles. The molecular weight excluding hydrogens is 238 g/mol. The zero-order valence-corrected chi connectivity index (χ0v) is 12.5. The Kier molecular flexibility index (Phi) is 5.64. The summed E-state index contributed by atoms with van der Waals surface area (Å²) in [5, 5.41) is 6.59. The highest BCUT2D eigenvalue weighted by molar-refractivity contribution is 5.76. The van der Waals surface area contributed by atoms with E-state index < -0.39 is 0 Å². The summed E-state index contributed by atoms with van der Waals surface area (Å²) in [6, 6.07) is 1.03. The van der Waals surface area contributed by atoms with Gasteiger partial charge in [-0.3, -0.25) is 4.79 Å². The average Bonchev–Trinajstić information content (AvgIpc) is 2.90. The Labute approximate surface area is 117 Å². The van der Waals surface area contributed by atoms with Crippen LogP contribution in [-0.2, 0) is 4.79 Å². The predicted octanol–water partition coefficient (Wildman–Crippen LogP) is 1.37. The molecule has 4 heteroatoms. The van der Waals surface area contributed by atoms with Crippen LogP contribution in [0, 0.1) is 5.92 Å². The molecule has 0 saturated carbocycles. The molecule has 0 spiro atoms. The van der Waals surface area contributed by atoms with E-state index in [1.165, 1.54) is 32.2 Å². The Morgan fingerprint density at radius 1 is 1.32 bits per heavy atom. The molecule has 0 aliphatic carbocycles. The monoisotopic (exact) mass is 267 g/mol. The molecule has 2 rings (SSSR count). The first-order valence-corrected chi connectivity index (χ1v) is 7.90. The molecule has 2 fully saturated rings. The van der Waals surface area contributed by atoms with E-state index in [0.29, 0.717) is 6.42 Å². The highest BCUT2D eigenvalue weighted by atomic mass is 16.1. The van der Waals surface area contributed by atoms with E-state index in [1.807, 2.05) is 13.8 Å². The number of hydrogen-bond acceptors (Lipinski definition) is 3. The first kappa shape index (κ1) is 14.8. The summed E-state index contributed by atoms with van der Waals surface area (Å²) in [6.07, 6.45) is 5.94. The maximum absolute atomic E-state index is 11.6. The number of piperidine rings is 1. The lowest BCUT2D eigenvalue weighted by Crippen LogP contribution is -2.42. The van der Waals surface area contributed by atoms with Gasteiger partial charge in [0.1, 0.15) is 0 Å². The average molecular weight is 267 g/mol. The molecule has 19 heavy (non-hydrogen) atoms. The molecule has 2 N–H and O–H groups in total. The normalized spacial score (nSPS) is 25.9. The molecule has 1 atom stereocenters. The minimum absolute atomic E-state index is 0.189. The second-order valence-electron chi connectivity index (χ2n) is 6.35. The van der Waals surface area contributed by atoms with Crippen molar-refractivity contribution in [3.8, 4) is 0 Å². The molecule has 2 saturated heterocycles. The fourth-order valence-electron chi connectivity index (χ4n) is 3.35. The molecule has 2 heterocycles. The van der Waals surface area contributed by atoms with E-state index >= 15 is 0 Å². The molecular formula is C15H29N3O. The maximum Gasteiger partial charge on any atom is 0.221 e. The Morgan fingerprint density at radius 3 is 2.63 bits per heavy atom. The van der Waals surface area contributed by atoms with Gasteiger partial charge in [0.25, 0.3) is 0 Å². The molecule has 1 amide bonds. The molecule has 0 aromatic rings. The Morgan fingerprint density at radius 2 is 2.05 bits per heavy atom. The van der Waals surface area contributed by atoms with Crippen LogP contribution >= 0.6 is 0 Å². The first-order valence-electron chi connectivity index (χ1n) is 7.90. The van der Waals surface area contributed by atoms with Crippen LogP contribution in [0.4, 0.5) is 0 Å². The van der Waals surface area contributed by atoms with Gasteiger partial charge in [-0.2, -0.15) is 0 Å². The van der Waals surface area contributed by atoms with Gasteiger partial charge < -0.3 is 15.5 Å². The SMILES string of the molecule is CC(C)NC(=O)CCN1CCC(C2CCCN2)CC1. The summed E-state index contributed by atoms with van der Waals surface area (Å²) >= 11 is 0. The van der Waals surface area contributed by atoms with E-state index in [4.69, 9.17) is 0 Å². The molecule has 2 aliphatic heterocycles. The van der Waals surface area contributed by atoms with Crippen LogP contribution in [-0.4, -0.2) is 49.1 Å². The lowest BCUT2D eigenvalue weighted by atomic mass is 9.88. The number of rotatable bonds is 5. The summed E-state index contributed by atoms with van der Waals surface area (Å²) in [6.45, 7) is 8.48. The van der Waals surface area contributed by atoms with Crippen LogP contribution in [0.3, 0.4) is 0 Å². The third-order valence-corrected chi connectivity index (χ3v) is 4.40. The molecule has 0 aromatic carbocycles. The molecule has 0 radical (unpaired) electrons. The fraction of sp³-hybridized carbons (Fsp3) is 0.933. The van der Waals surface area contributed by atoms with Crippen LogP contribution < -0.4 is 10.6 Å². The number of amides is 1. The van der Waals surface area contributed by atoms with Crippen molar-refractivity contribution in [3.63, 3.8) is 0 Å². The number of nitrogens with zero attached hydrogens (tertiary/aromatic N) is 1. The Bertz CT molecular complexity index is 279. The maximum atomic E-state index is 11.6. The van der Waals surface area contributed by atoms with Crippen molar-refractivity contribution >= 4 is 5.91 Å². The summed E-state index contributed by atoms with van der Waals surface area (Å²) in [5.74, 6) is 1.05. The second-order valence-corrected chi connectivity index (χ2v) is 6.35. The lowest BCUT2D eigenvalue weighted by molar-refractivity contribution is -0.122. The predicted molar refractivity (Wildman–Crippen MR) is 78.1 cm³/mol. The van der Waals surface area contributed by atoms with Crippen LogP contribution in [0.25, 0.3) is 0 Å². The standard InChI is InChI=1S/C15H29N3O/c1-12(2)17-15(19)7-11-18-9-5-13(6-10-18)14-4-3-8-16-14/h12-14,16H,3-11H2,1-2H3,(H,17,19). The van der Waals surface area contributed by atoms with Gasteiger partial charge in [-0.25, -0.2) is 0 Å². The van der Waals surface area contributed by atoms with E-state index in [9.17, 15) is 4.79 Å². The van der Waals surface area contributed by atoms with Crippen LogP contribution in [0.1, 0.15) is 46.0 Å². The minimum atomic E-state index is 0.189. The van der Waals surface area contributed by atoms with Crippen LogP contribution in [0.5, 0.6) is 0 Å². The summed E-state index contributed by atoms with van der Waals surface area (Å²) in [5.41, 5.74) is 0. The van der Waals surface area contributed by atoms with Crippen molar-refractivity contribution < 1.29 is 4.79 Å². The van der Waals surface area contributed by atoms with Crippen molar-refractivity contribution in [2.75, 3.05) is 26.2 Å².